The number of amides is 3. The zero-order valence-corrected chi connectivity index (χ0v) is 24.7. The molecule has 0 aliphatic carbocycles. The van der Waals surface area contributed by atoms with Crippen molar-refractivity contribution in [2.45, 2.75) is 51.7 Å². The van der Waals surface area contributed by atoms with Crippen molar-refractivity contribution >= 4 is 23.7 Å². The van der Waals surface area contributed by atoms with Crippen LogP contribution in [0.1, 0.15) is 49.5 Å². The Kier molecular flexibility index (Phi) is 9.94. The summed E-state index contributed by atoms with van der Waals surface area (Å²) >= 11 is 0. The van der Waals surface area contributed by atoms with Crippen molar-refractivity contribution < 1.29 is 27.9 Å². The fourth-order valence-corrected chi connectivity index (χ4v) is 4.81. The molecule has 1 aliphatic rings. The van der Waals surface area contributed by atoms with Gasteiger partial charge in [0.05, 0.1) is 11.8 Å². The monoisotopic (exact) mass is 597 g/mol. The molecule has 1 fully saturated rings. The highest BCUT2D eigenvalue weighted by molar-refractivity contribution is 5.99. The summed E-state index contributed by atoms with van der Waals surface area (Å²) in [5.74, 6) is -1.74. The van der Waals surface area contributed by atoms with E-state index in [9.17, 15) is 18.8 Å². The summed E-state index contributed by atoms with van der Waals surface area (Å²) in [6, 6.07) is 7.01. The van der Waals surface area contributed by atoms with Gasteiger partial charge in [-0.25, -0.2) is 18.6 Å². The fraction of sp³-hybridized carbons (Fsp3) is 0.433. The van der Waals surface area contributed by atoms with Crippen LogP contribution >= 0.6 is 0 Å². The SMILES string of the molecule is Cn1cc(-c2nc(NCCc3cccc(F)c3)c(C(=O)NC[C@H]3CCCN3C(=O)CNC(=O)OC(C)(C)C)cc2F)cn1. The summed E-state index contributed by atoms with van der Waals surface area (Å²) in [5, 5.41) is 12.5. The van der Waals surface area contributed by atoms with Crippen molar-refractivity contribution in [1.29, 1.82) is 0 Å². The standard InChI is InChI=1S/C30H37F2N7O4/c1-30(2,3)43-29(42)35-17-25(40)39-12-6-9-22(39)16-34-28(41)23-14-24(32)26(20-15-36-38(4)18-20)37-27(23)33-11-10-19-7-5-8-21(31)13-19/h5,7-8,13-15,18,22H,6,9-12,16-17H2,1-4H3,(H,33,37)(H,34,41)(H,35,42)/t22-/m1/s1. The number of aryl methyl sites for hydroxylation is 1. The van der Waals surface area contributed by atoms with E-state index in [1.54, 1.807) is 51.0 Å². The predicted molar refractivity (Wildman–Crippen MR) is 156 cm³/mol. The van der Waals surface area contributed by atoms with Crippen LogP contribution in [0.3, 0.4) is 0 Å². The number of nitrogens with zero attached hydrogens (tertiary/aromatic N) is 4. The zero-order valence-electron chi connectivity index (χ0n) is 24.7. The molecule has 3 amide bonds. The number of carbonyl (C=O) groups is 3. The van der Waals surface area contributed by atoms with E-state index in [1.165, 1.54) is 23.0 Å². The van der Waals surface area contributed by atoms with Crippen molar-refractivity contribution in [1.82, 2.24) is 30.3 Å². The van der Waals surface area contributed by atoms with Gasteiger partial charge >= 0.3 is 6.09 Å². The van der Waals surface area contributed by atoms with Crippen LogP contribution < -0.4 is 16.0 Å². The van der Waals surface area contributed by atoms with Crippen LogP contribution in [0.4, 0.5) is 19.4 Å². The molecule has 43 heavy (non-hydrogen) atoms. The average Bonchev–Trinajstić information content (AvgIpc) is 3.59. The first-order valence-electron chi connectivity index (χ1n) is 14.1. The molecule has 0 unspecified atom stereocenters. The minimum absolute atomic E-state index is 0.00755. The highest BCUT2D eigenvalue weighted by Crippen LogP contribution is 2.26. The van der Waals surface area contributed by atoms with Gasteiger partial charge in [0, 0.05) is 44.5 Å². The van der Waals surface area contributed by atoms with Crippen LogP contribution in [-0.4, -0.2) is 75.4 Å². The van der Waals surface area contributed by atoms with Gasteiger partial charge in [0.25, 0.3) is 5.91 Å². The van der Waals surface area contributed by atoms with Gasteiger partial charge in [-0.2, -0.15) is 5.10 Å². The lowest BCUT2D eigenvalue weighted by Crippen LogP contribution is -2.47. The molecule has 230 valence electrons. The van der Waals surface area contributed by atoms with Crippen molar-refractivity contribution in [3.05, 3.63) is 65.5 Å². The molecule has 3 heterocycles. The zero-order chi connectivity index (χ0) is 31.1. The average molecular weight is 598 g/mol. The number of aromatic nitrogens is 3. The predicted octanol–water partition coefficient (Wildman–Crippen LogP) is 3.66. The summed E-state index contributed by atoms with van der Waals surface area (Å²) in [6.07, 6.45) is 4.24. The highest BCUT2D eigenvalue weighted by Gasteiger charge is 2.30. The van der Waals surface area contributed by atoms with Crippen LogP contribution in [0.25, 0.3) is 11.3 Å². The third-order valence-corrected chi connectivity index (χ3v) is 6.77. The second-order valence-corrected chi connectivity index (χ2v) is 11.4. The second-order valence-electron chi connectivity index (χ2n) is 11.4. The molecule has 1 aliphatic heterocycles. The Labute approximate surface area is 249 Å². The topological polar surface area (TPSA) is 130 Å². The van der Waals surface area contributed by atoms with E-state index in [-0.39, 0.29) is 47.9 Å². The molecular formula is C30H37F2N7O4. The lowest BCUT2D eigenvalue weighted by molar-refractivity contribution is -0.131. The van der Waals surface area contributed by atoms with E-state index in [0.29, 0.717) is 31.5 Å². The lowest BCUT2D eigenvalue weighted by atomic mass is 10.1. The van der Waals surface area contributed by atoms with Gasteiger partial charge < -0.3 is 25.6 Å². The number of pyridine rings is 1. The number of nitrogens with one attached hydrogen (secondary N) is 3. The lowest BCUT2D eigenvalue weighted by Gasteiger charge is -2.26. The summed E-state index contributed by atoms with van der Waals surface area (Å²) in [7, 11) is 1.70. The van der Waals surface area contributed by atoms with E-state index in [0.717, 1.165) is 18.1 Å². The molecule has 1 saturated heterocycles. The maximum absolute atomic E-state index is 15.2. The Hall–Kier alpha value is -4.55. The molecule has 1 atom stereocenters. The summed E-state index contributed by atoms with van der Waals surface area (Å²) < 4.78 is 35.6. The van der Waals surface area contributed by atoms with Gasteiger partial charge in [-0.15, -0.1) is 0 Å². The number of ether oxygens (including phenoxy) is 1. The van der Waals surface area contributed by atoms with Crippen LogP contribution in [0.5, 0.6) is 0 Å². The van der Waals surface area contributed by atoms with Gasteiger partial charge in [0.15, 0.2) is 5.82 Å². The molecule has 3 aromatic rings. The Morgan fingerprint density at radius 3 is 2.63 bits per heavy atom. The maximum Gasteiger partial charge on any atom is 0.408 e. The van der Waals surface area contributed by atoms with Crippen molar-refractivity contribution in [3.63, 3.8) is 0 Å². The largest absolute Gasteiger partial charge is 0.444 e. The number of anilines is 1. The first kappa shape index (κ1) is 31.4. The van der Waals surface area contributed by atoms with Crippen molar-refractivity contribution in [3.8, 4) is 11.3 Å². The van der Waals surface area contributed by atoms with Crippen LogP contribution in [0.15, 0.2) is 42.7 Å². The van der Waals surface area contributed by atoms with Crippen molar-refractivity contribution in [2.75, 3.05) is 31.5 Å². The summed E-state index contributed by atoms with van der Waals surface area (Å²) in [5.41, 5.74) is 0.529. The molecule has 1 aromatic carbocycles. The molecule has 0 spiro atoms. The van der Waals surface area contributed by atoms with E-state index >= 15 is 4.39 Å². The number of hydrogen-bond donors (Lipinski definition) is 3. The molecule has 0 bridgehead atoms. The third-order valence-electron chi connectivity index (χ3n) is 6.77. The van der Waals surface area contributed by atoms with Gasteiger partial charge in [-0.1, -0.05) is 12.1 Å². The molecule has 0 radical (unpaired) electrons. The van der Waals surface area contributed by atoms with Crippen LogP contribution in [0, 0.1) is 11.6 Å². The maximum atomic E-state index is 15.2. The van der Waals surface area contributed by atoms with Gasteiger partial charge in [0.2, 0.25) is 5.91 Å². The highest BCUT2D eigenvalue weighted by atomic mass is 19.1. The first-order valence-corrected chi connectivity index (χ1v) is 14.1. The van der Waals surface area contributed by atoms with Gasteiger partial charge in [0.1, 0.15) is 29.5 Å². The number of halogens is 2. The Bertz CT molecular complexity index is 1470. The smallest absolute Gasteiger partial charge is 0.408 e. The second kappa shape index (κ2) is 13.6. The fourth-order valence-electron chi connectivity index (χ4n) is 4.81. The molecule has 2 aromatic heterocycles. The number of alkyl carbamates (subject to hydrolysis) is 1. The minimum atomic E-state index is -0.695. The number of rotatable bonds is 10. The Morgan fingerprint density at radius 1 is 1.14 bits per heavy atom. The van der Waals surface area contributed by atoms with Crippen molar-refractivity contribution in [2.24, 2.45) is 7.05 Å². The van der Waals surface area contributed by atoms with E-state index in [1.807, 2.05) is 0 Å². The molecule has 0 saturated carbocycles. The normalized spacial score (nSPS) is 14.8. The van der Waals surface area contributed by atoms with E-state index in [2.05, 4.69) is 26.0 Å². The quantitative estimate of drug-likeness (QED) is 0.325. The van der Waals surface area contributed by atoms with E-state index < -0.39 is 23.4 Å². The number of likely N-dealkylation sites (tertiary alicyclic amines) is 1. The molecular weight excluding hydrogens is 560 g/mol. The molecule has 11 nitrogen and oxygen atoms in total. The molecule has 4 rings (SSSR count). The van der Waals surface area contributed by atoms with Crippen LogP contribution in [0.2, 0.25) is 0 Å². The number of benzene rings is 1. The van der Waals surface area contributed by atoms with Gasteiger partial charge in [-0.05, 0) is 63.8 Å². The summed E-state index contributed by atoms with van der Waals surface area (Å²) in [4.78, 5) is 44.1. The molecule has 3 N–H and O–H groups in total. The Balaban J connectivity index is 1.44. The summed E-state index contributed by atoms with van der Waals surface area (Å²) in [6.45, 7) is 5.88. The van der Waals surface area contributed by atoms with Gasteiger partial charge in [-0.3, -0.25) is 14.3 Å². The van der Waals surface area contributed by atoms with Crippen LogP contribution in [-0.2, 0) is 23.0 Å². The molecule has 13 heteroatoms. The number of hydrogen-bond acceptors (Lipinski definition) is 7. The first-order chi connectivity index (χ1) is 20.4. The van der Waals surface area contributed by atoms with E-state index in [4.69, 9.17) is 4.74 Å². The minimum Gasteiger partial charge on any atom is -0.444 e. The third kappa shape index (κ3) is 8.72. The Morgan fingerprint density at radius 2 is 1.93 bits per heavy atom. The number of carbonyl (C=O) groups excluding carboxylic acids is 3.